The van der Waals surface area contributed by atoms with Crippen LogP contribution >= 0.6 is 11.3 Å². The molecule has 1 saturated carbocycles. The molecule has 5 aromatic rings. The third-order valence-electron chi connectivity index (χ3n) is 7.10. The van der Waals surface area contributed by atoms with Crippen molar-refractivity contribution in [2.75, 3.05) is 6.61 Å². The van der Waals surface area contributed by atoms with Crippen molar-refractivity contribution in [2.24, 2.45) is 0 Å². The lowest BCUT2D eigenvalue weighted by molar-refractivity contribution is 0.0520. The molecule has 3 aromatic carbocycles. The number of aromatic nitrogens is 3. The third-order valence-corrected chi connectivity index (χ3v) is 8.60. The molecule has 0 amide bonds. The van der Waals surface area contributed by atoms with Crippen LogP contribution in [-0.2, 0) is 22.2 Å². The van der Waals surface area contributed by atoms with Crippen molar-refractivity contribution in [1.29, 1.82) is 0 Å². The van der Waals surface area contributed by atoms with Gasteiger partial charge in [0.05, 0.1) is 22.9 Å². The Hall–Kier alpha value is -4.13. The van der Waals surface area contributed by atoms with Crippen molar-refractivity contribution in [3.8, 4) is 27.5 Å². The first-order valence-corrected chi connectivity index (χ1v) is 15.4. The van der Waals surface area contributed by atoms with E-state index in [0.29, 0.717) is 27.5 Å². The highest BCUT2D eigenvalue weighted by molar-refractivity contribution is 7.79. The monoisotopic (exact) mass is 622 g/mol. The van der Waals surface area contributed by atoms with Crippen molar-refractivity contribution < 1.29 is 31.5 Å². The standard InChI is InChI=1S/C31H24F3N3O4S2/c1-2-41-30(38)26-16-42-31(35-26)37-29(19-4-5-19)23(13-17-3-12-27(43(39)40)25(34)14-17)28(36-37)20-8-11-24(33)22(15-20)18-6-9-21(32)10-7-18/h3,6-12,14-16,19H,2,4-5,13H2,1H3,(H,39,40)/p-1. The van der Waals surface area contributed by atoms with E-state index in [1.165, 1.54) is 53.8 Å². The zero-order valence-electron chi connectivity index (χ0n) is 22.7. The van der Waals surface area contributed by atoms with Crippen LogP contribution in [0.5, 0.6) is 0 Å². The molecule has 0 saturated heterocycles. The molecule has 12 heteroatoms. The van der Waals surface area contributed by atoms with E-state index in [4.69, 9.17) is 9.84 Å². The maximum Gasteiger partial charge on any atom is 0.357 e. The smallest absolute Gasteiger partial charge is 0.357 e. The number of halogens is 3. The molecule has 1 fully saturated rings. The quantitative estimate of drug-likeness (QED) is 0.130. The Morgan fingerprint density at radius 1 is 1.05 bits per heavy atom. The Bertz CT molecular complexity index is 1870. The predicted octanol–water partition coefficient (Wildman–Crippen LogP) is 6.96. The first-order valence-electron chi connectivity index (χ1n) is 13.4. The molecule has 43 heavy (non-hydrogen) atoms. The van der Waals surface area contributed by atoms with E-state index >= 15 is 4.39 Å². The lowest BCUT2D eigenvalue weighted by atomic mass is 9.95. The molecule has 0 bridgehead atoms. The Balaban J connectivity index is 1.52. The van der Waals surface area contributed by atoms with Gasteiger partial charge in [-0.15, -0.1) is 11.3 Å². The van der Waals surface area contributed by atoms with E-state index in [9.17, 15) is 22.3 Å². The summed E-state index contributed by atoms with van der Waals surface area (Å²) < 4.78 is 72.8. The first-order chi connectivity index (χ1) is 20.7. The van der Waals surface area contributed by atoms with Gasteiger partial charge in [0.1, 0.15) is 17.5 Å². The van der Waals surface area contributed by atoms with Gasteiger partial charge in [-0.2, -0.15) is 5.10 Å². The van der Waals surface area contributed by atoms with E-state index in [0.717, 1.165) is 24.1 Å². The number of esters is 1. The van der Waals surface area contributed by atoms with Crippen molar-refractivity contribution in [3.63, 3.8) is 0 Å². The molecule has 1 aliphatic carbocycles. The predicted molar refractivity (Wildman–Crippen MR) is 154 cm³/mol. The van der Waals surface area contributed by atoms with E-state index in [1.54, 1.807) is 35.2 Å². The molecule has 1 aliphatic rings. The molecular formula is C31H23F3N3O4S2-. The first kappa shape index (κ1) is 29.0. The average Bonchev–Trinajstić information content (AvgIpc) is 3.57. The number of thiazole rings is 1. The minimum absolute atomic E-state index is 0.112. The van der Waals surface area contributed by atoms with Gasteiger partial charge in [0.2, 0.25) is 5.13 Å². The highest BCUT2D eigenvalue weighted by Gasteiger charge is 2.34. The van der Waals surface area contributed by atoms with E-state index < -0.39 is 39.4 Å². The summed E-state index contributed by atoms with van der Waals surface area (Å²) in [7, 11) is 0. The summed E-state index contributed by atoms with van der Waals surface area (Å²) in [5.41, 5.74) is 4.01. The molecule has 2 aromatic heterocycles. The topological polar surface area (TPSA) is 97.1 Å². The molecule has 0 spiro atoms. The van der Waals surface area contributed by atoms with Gasteiger partial charge in [0.25, 0.3) is 0 Å². The maximum absolute atomic E-state index is 15.0. The van der Waals surface area contributed by atoms with Crippen molar-refractivity contribution in [1.82, 2.24) is 14.8 Å². The number of carbonyl (C=O) groups excluding carboxylic acids is 1. The third kappa shape index (κ3) is 5.90. The maximum atomic E-state index is 15.0. The Morgan fingerprint density at radius 2 is 1.79 bits per heavy atom. The summed E-state index contributed by atoms with van der Waals surface area (Å²) in [6, 6.07) is 14.0. The zero-order chi connectivity index (χ0) is 30.2. The van der Waals surface area contributed by atoms with E-state index in [2.05, 4.69) is 4.98 Å². The second-order valence-electron chi connectivity index (χ2n) is 10.0. The van der Waals surface area contributed by atoms with Crippen LogP contribution in [0, 0.1) is 17.5 Å². The van der Waals surface area contributed by atoms with Crippen molar-refractivity contribution in [3.05, 3.63) is 106 Å². The van der Waals surface area contributed by atoms with Gasteiger partial charge in [-0.1, -0.05) is 18.2 Å². The molecule has 2 heterocycles. The summed E-state index contributed by atoms with van der Waals surface area (Å²) in [4.78, 5) is 16.4. The van der Waals surface area contributed by atoms with Crippen LogP contribution < -0.4 is 0 Å². The van der Waals surface area contributed by atoms with Crippen LogP contribution in [0.4, 0.5) is 13.2 Å². The Labute approximate surface area is 251 Å². The Morgan fingerprint density at radius 3 is 2.47 bits per heavy atom. The van der Waals surface area contributed by atoms with Crippen LogP contribution in [-0.4, -0.2) is 36.1 Å². The van der Waals surface area contributed by atoms with Gasteiger partial charge < -0.3 is 9.29 Å². The molecule has 0 N–H and O–H groups in total. The number of nitrogens with zero attached hydrogens (tertiary/aromatic N) is 3. The van der Waals surface area contributed by atoms with Crippen LogP contribution in [0.2, 0.25) is 0 Å². The van der Waals surface area contributed by atoms with Gasteiger partial charge in [0.15, 0.2) is 5.69 Å². The van der Waals surface area contributed by atoms with Gasteiger partial charge in [-0.25, -0.2) is 27.6 Å². The van der Waals surface area contributed by atoms with E-state index in [-0.39, 0.29) is 30.2 Å². The fraction of sp³-hybridized carbons (Fsp3) is 0.194. The zero-order valence-corrected chi connectivity index (χ0v) is 24.3. The second-order valence-corrected chi connectivity index (χ2v) is 11.8. The molecule has 0 aliphatic heterocycles. The van der Waals surface area contributed by atoms with Gasteiger partial charge in [-0.05, 0) is 84.4 Å². The van der Waals surface area contributed by atoms with Crippen LogP contribution in [0.1, 0.15) is 53.0 Å². The lowest BCUT2D eigenvalue weighted by Crippen LogP contribution is -2.07. The molecular weight excluding hydrogens is 599 g/mol. The highest BCUT2D eigenvalue weighted by Crippen LogP contribution is 2.46. The number of carbonyl (C=O) groups is 1. The minimum atomic E-state index is -2.73. The normalized spacial score (nSPS) is 13.7. The number of hydrogen-bond donors (Lipinski definition) is 0. The Kier molecular flexibility index (Phi) is 7.99. The van der Waals surface area contributed by atoms with Crippen molar-refractivity contribution >= 4 is 28.4 Å². The SMILES string of the molecule is CCOC(=O)c1csc(-n2nc(-c3ccc(F)c(-c4ccc(F)cc4)c3)c(Cc3ccc(S(=O)[O-])c(F)c3)c2C2CC2)n1. The lowest BCUT2D eigenvalue weighted by Gasteiger charge is -2.11. The minimum Gasteiger partial charge on any atom is -0.768 e. The fourth-order valence-corrected chi connectivity index (χ4v) is 6.12. The summed E-state index contributed by atoms with van der Waals surface area (Å²) in [6.07, 6.45) is 1.95. The van der Waals surface area contributed by atoms with E-state index in [1.807, 2.05) is 0 Å². The summed E-state index contributed by atoms with van der Waals surface area (Å²) in [5, 5.41) is 6.93. The number of ether oxygens (including phenoxy) is 1. The average molecular weight is 623 g/mol. The molecule has 220 valence electrons. The molecule has 1 unspecified atom stereocenters. The molecule has 7 nitrogen and oxygen atoms in total. The fourth-order valence-electron chi connectivity index (χ4n) is 4.97. The van der Waals surface area contributed by atoms with Gasteiger partial charge in [0, 0.05) is 34.4 Å². The molecule has 1 atom stereocenters. The van der Waals surface area contributed by atoms with Gasteiger partial charge in [-0.3, -0.25) is 4.21 Å². The highest BCUT2D eigenvalue weighted by atomic mass is 32.2. The van der Waals surface area contributed by atoms with Crippen LogP contribution in [0.3, 0.4) is 0 Å². The molecule has 6 rings (SSSR count). The number of benzene rings is 3. The largest absolute Gasteiger partial charge is 0.768 e. The second kappa shape index (κ2) is 11.9. The molecule has 0 radical (unpaired) electrons. The summed E-state index contributed by atoms with van der Waals surface area (Å²) in [6.45, 7) is 1.90. The summed E-state index contributed by atoms with van der Waals surface area (Å²) in [5.74, 6) is -2.26. The van der Waals surface area contributed by atoms with Crippen LogP contribution in [0.25, 0.3) is 27.5 Å². The van der Waals surface area contributed by atoms with Crippen molar-refractivity contribution in [2.45, 2.75) is 37.0 Å². The number of rotatable bonds is 9. The van der Waals surface area contributed by atoms with Gasteiger partial charge >= 0.3 is 5.97 Å². The van der Waals surface area contributed by atoms with Crippen LogP contribution in [0.15, 0.2) is 70.9 Å². The summed E-state index contributed by atoms with van der Waals surface area (Å²) >= 11 is -1.51. The number of hydrogen-bond acceptors (Lipinski definition) is 7.